The van der Waals surface area contributed by atoms with E-state index >= 15 is 0 Å². The zero-order valence-electron chi connectivity index (χ0n) is 10.4. The van der Waals surface area contributed by atoms with Crippen molar-refractivity contribution in [3.05, 3.63) is 29.8 Å². The Hall–Kier alpha value is -1.00. The normalized spacial score (nSPS) is 24.8. The third kappa shape index (κ3) is 2.82. The number of nitrogens with two attached hydrogens (primary N) is 1. The first kappa shape index (κ1) is 12.5. The van der Waals surface area contributed by atoms with E-state index < -0.39 is 0 Å². The minimum absolute atomic E-state index is 0.236. The molecule has 1 aliphatic heterocycles. The summed E-state index contributed by atoms with van der Waals surface area (Å²) in [6, 6.07) is 3.71. The fourth-order valence-electron chi connectivity index (χ4n) is 2.42. The molecule has 0 aliphatic carbocycles. The third-order valence-electron chi connectivity index (χ3n) is 3.73. The minimum Gasteiger partial charge on any atom is -0.328 e. The minimum atomic E-state index is -0.282. The molecule has 1 saturated heterocycles. The molecule has 1 fully saturated rings. The monoisotopic (exact) mass is 237 g/mol. The summed E-state index contributed by atoms with van der Waals surface area (Å²) in [4.78, 5) is 6.51. The lowest BCUT2D eigenvalue weighted by Gasteiger charge is -2.24. The van der Waals surface area contributed by atoms with Crippen molar-refractivity contribution in [3.8, 4) is 0 Å². The fraction of sp³-hybridized carbons (Fsp3) is 0.615. The van der Waals surface area contributed by atoms with Gasteiger partial charge in [0.15, 0.2) is 0 Å². The molecule has 4 heteroatoms. The summed E-state index contributed by atoms with van der Waals surface area (Å²) in [7, 11) is 0. The van der Waals surface area contributed by atoms with Gasteiger partial charge in [-0.25, -0.2) is 4.39 Å². The molecule has 3 atom stereocenters. The molecule has 2 heterocycles. The van der Waals surface area contributed by atoms with Gasteiger partial charge >= 0.3 is 0 Å². The molecule has 0 saturated carbocycles. The van der Waals surface area contributed by atoms with Gasteiger partial charge in [-0.05, 0) is 44.9 Å². The van der Waals surface area contributed by atoms with Crippen molar-refractivity contribution in [1.82, 2.24) is 9.88 Å². The van der Waals surface area contributed by atoms with Gasteiger partial charge in [-0.15, -0.1) is 0 Å². The average molecular weight is 237 g/mol. The van der Waals surface area contributed by atoms with Gasteiger partial charge in [0.05, 0.1) is 11.9 Å². The van der Waals surface area contributed by atoms with E-state index in [2.05, 4.69) is 23.7 Å². The summed E-state index contributed by atoms with van der Waals surface area (Å²) in [5.41, 5.74) is 6.85. The number of hydrogen-bond acceptors (Lipinski definition) is 3. The lowest BCUT2D eigenvalue weighted by atomic mass is 10.0. The number of rotatable bonds is 3. The maximum atomic E-state index is 12.8. The van der Waals surface area contributed by atoms with E-state index in [1.54, 1.807) is 6.07 Å². The highest BCUT2D eigenvalue weighted by Gasteiger charge is 2.29. The highest BCUT2D eigenvalue weighted by atomic mass is 19.1. The van der Waals surface area contributed by atoms with Crippen LogP contribution in [-0.4, -0.2) is 29.0 Å². The van der Waals surface area contributed by atoms with E-state index in [1.807, 2.05) is 0 Å². The van der Waals surface area contributed by atoms with Gasteiger partial charge in [0.1, 0.15) is 5.82 Å². The Balaban J connectivity index is 2.01. The number of pyridine rings is 1. The van der Waals surface area contributed by atoms with Crippen LogP contribution in [0.2, 0.25) is 0 Å². The summed E-state index contributed by atoms with van der Waals surface area (Å²) >= 11 is 0. The molecule has 0 bridgehead atoms. The molecule has 0 radical (unpaired) electrons. The molecular formula is C13H20FN3. The van der Waals surface area contributed by atoms with Crippen LogP contribution in [0.1, 0.15) is 32.0 Å². The molecule has 94 valence electrons. The number of halogens is 1. The molecule has 2 N–H and O–H groups in total. The number of aromatic nitrogens is 1. The van der Waals surface area contributed by atoms with Crippen molar-refractivity contribution < 1.29 is 4.39 Å². The van der Waals surface area contributed by atoms with E-state index in [9.17, 15) is 4.39 Å². The Morgan fingerprint density at radius 1 is 1.47 bits per heavy atom. The molecule has 1 aromatic heterocycles. The summed E-state index contributed by atoms with van der Waals surface area (Å²) < 4.78 is 12.8. The average Bonchev–Trinajstić information content (AvgIpc) is 2.78. The van der Waals surface area contributed by atoms with Crippen molar-refractivity contribution in [3.63, 3.8) is 0 Å². The van der Waals surface area contributed by atoms with Crippen LogP contribution in [0.25, 0.3) is 0 Å². The van der Waals surface area contributed by atoms with Gasteiger partial charge in [-0.1, -0.05) is 0 Å². The van der Waals surface area contributed by atoms with Crippen LogP contribution in [0.15, 0.2) is 18.3 Å². The quantitative estimate of drug-likeness (QED) is 0.873. The van der Waals surface area contributed by atoms with Gasteiger partial charge in [-0.3, -0.25) is 9.88 Å². The Morgan fingerprint density at radius 3 is 2.76 bits per heavy atom. The van der Waals surface area contributed by atoms with Crippen LogP contribution in [-0.2, 0) is 0 Å². The molecular weight excluding hydrogens is 217 g/mol. The summed E-state index contributed by atoms with van der Waals surface area (Å²) in [6.45, 7) is 6.24. The van der Waals surface area contributed by atoms with Crippen molar-refractivity contribution >= 4 is 0 Å². The maximum absolute atomic E-state index is 12.8. The molecule has 17 heavy (non-hydrogen) atoms. The zero-order valence-corrected chi connectivity index (χ0v) is 10.4. The maximum Gasteiger partial charge on any atom is 0.141 e. The first-order valence-electron chi connectivity index (χ1n) is 6.19. The molecule has 2 rings (SSSR count). The molecule has 1 aliphatic rings. The molecule has 3 nitrogen and oxygen atoms in total. The highest BCUT2D eigenvalue weighted by molar-refractivity contribution is 5.10. The van der Waals surface area contributed by atoms with Crippen LogP contribution in [0.3, 0.4) is 0 Å². The topological polar surface area (TPSA) is 42.1 Å². The highest BCUT2D eigenvalue weighted by Crippen LogP contribution is 2.27. The smallest absolute Gasteiger partial charge is 0.141 e. The molecule has 0 amide bonds. The van der Waals surface area contributed by atoms with E-state index in [0.29, 0.717) is 5.92 Å². The first-order chi connectivity index (χ1) is 8.08. The van der Waals surface area contributed by atoms with Crippen molar-refractivity contribution in [2.45, 2.75) is 32.4 Å². The van der Waals surface area contributed by atoms with Gasteiger partial charge < -0.3 is 5.73 Å². The predicted octanol–water partition coefficient (Wildman–Crippen LogP) is 1.95. The summed E-state index contributed by atoms with van der Waals surface area (Å²) in [5, 5.41) is 0. The van der Waals surface area contributed by atoms with Crippen molar-refractivity contribution in [2.24, 2.45) is 11.7 Å². The fourth-order valence-corrected chi connectivity index (χ4v) is 2.42. The van der Waals surface area contributed by atoms with Crippen molar-refractivity contribution in [1.29, 1.82) is 0 Å². The second kappa shape index (κ2) is 5.10. The van der Waals surface area contributed by atoms with Crippen LogP contribution >= 0.6 is 0 Å². The molecule has 0 aromatic carbocycles. The molecule has 1 aromatic rings. The molecule has 0 spiro atoms. The number of hydrogen-bond donors (Lipinski definition) is 1. The van der Waals surface area contributed by atoms with E-state index in [-0.39, 0.29) is 17.9 Å². The van der Waals surface area contributed by atoms with Crippen molar-refractivity contribution in [2.75, 3.05) is 13.1 Å². The molecule has 3 unspecified atom stereocenters. The van der Waals surface area contributed by atoms with Crippen LogP contribution in [0.5, 0.6) is 0 Å². The predicted molar refractivity (Wildman–Crippen MR) is 65.9 cm³/mol. The van der Waals surface area contributed by atoms with Gasteiger partial charge in [0.25, 0.3) is 0 Å². The second-order valence-electron chi connectivity index (χ2n) is 4.98. The first-order valence-corrected chi connectivity index (χ1v) is 6.19. The van der Waals surface area contributed by atoms with Crippen LogP contribution in [0.4, 0.5) is 4.39 Å². The van der Waals surface area contributed by atoms with E-state index in [0.717, 1.165) is 25.2 Å². The Kier molecular flexibility index (Phi) is 3.74. The number of likely N-dealkylation sites (tertiary alicyclic amines) is 1. The number of nitrogens with zero attached hydrogens (tertiary/aromatic N) is 2. The standard InChI is InChI=1S/C13H20FN3/c1-9(15)11-5-6-17(8-11)10(2)13-4-3-12(14)7-16-13/h3-4,7,9-11H,5-6,8,15H2,1-2H3. The lowest BCUT2D eigenvalue weighted by molar-refractivity contribution is 0.244. The van der Waals surface area contributed by atoms with Gasteiger partial charge in [-0.2, -0.15) is 0 Å². The lowest BCUT2D eigenvalue weighted by Crippen LogP contribution is -2.31. The Labute approximate surface area is 102 Å². The Morgan fingerprint density at radius 2 is 2.24 bits per heavy atom. The summed E-state index contributed by atoms with van der Waals surface area (Å²) in [6.07, 6.45) is 2.42. The van der Waals surface area contributed by atoms with Gasteiger partial charge in [0.2, 0.25) is 0 Å². The second-order valence-corrected chi connectivity index (χ2v) is 4.98. The van der Waals surface area contributed by atoms with Crippen LogP contribution < -0.4 is 5.73 Å². The third-order valence-corrected chi connectivity index (χ3v) is 3.73. The Bertz CT molecular complexity index is 363. The largest absolute Gasteiger partial charge is 0.328 e. The SMILES string of the molecule is CC(N)C1CCN(C(C)c2ccc(F)cn2)C1. The van der Waals surface area contributed by atoms with E-state index in [1.165, 1.54) is 12.3 Å². The zero-order chi connectivity index (χ0) is 12.4. The summed E-state index contributed by atoms with van der Waals surface area (Å²) in [5.74, 6) is 0.286. The van der Waals surface area contributed by atoms with Gasteiger partial charge in [0, 0.05) is 18.6 Å². The van der Waals surface area contributed by atoms with E-state index in [4.69, 9.17) is 5.73 Å². The van der Waals surface area contributed by atoms with Crippen LogP contribution in [0, 0.1) is 11.7 Å².